The molecule has 2 aromatic heterocycles. The molecular weight excluding hydrogens is 398 g/mol. The summed E-state index contributed by atoms with van der Waals surface area (Å²) in [5, 5.41) is 4.22. The van der Waals surface area contributed by atoms with Crippen LogP contribution in [0, 0.1) is 0 Å². The Labute approximate surface area is 151 Å². The van der Waals surface area contributed by atoms with Gasteiger partial charge in [0.2, 0.25) is 0 Å². The largest absolute Gasteiger partial charge is 0.337 e. The first-order valence-corrected chi connectivity index (χ1v) is 8.82. The van der Waals surface area contributed by atoms with E-state index < -0.39 is 0 Å². The zero-order valence-electron chi connectivity index (χ0n) is 12.2. The molecule has 1 aromatic carbocycles. The molecular formula is C16H13BrClN3OS. The van der Waals surface area contributed by atoms with Gasteiger partial charge in [0.05, 0.1) is 27.2 Å². The van der Waals surface area contributed by atoms with Gasteiger partial charge in [0.1, 0.15) is 0 Å². The van der Waals surface area contributed by atoms with Crippen LogP contribution in [-0.4, -0.2) is 27.6 Å². The molecule has 1 amide bonds. The Morgan fingerprint density at radius 1 is 1.30 bits per heavy atom. The second-order valence-electron chi connectivity index (χ2n) is 5.02. The number of hydrogen-bond donors (Lipinski definition) is 0. The predicted molar refractivity (Wildman–Crippen MR) is 96.4 cm³/mol. The molecule has 3 aromatic rings. The first kappa shape index (κ1) is 16.2. The first-order valence-electron chi connectivity index (χ1n) is 6.83. The van der Waals surface area contributed by atoms with Gasteiger partial charge in [0, 0.05) is 23.7 Å². The molecule has 0 spiro atoms. The molecule has 0 aliphatic heterocycles. The monoisotopic (exact) mass is 409 g/mol. The number of thiophene rings is 1. The van der Waals surface area contributed by atoms with Crippen LogP contribution in [0.5, 0.6) is 0 Å². The molecule has 0 radical (unpaired) electrons. The van der Waals surface area contributed by atoms with E-state index in [0.29, 0.717) is 12.1 Å². The van der Waals surface area contributed by atoms with E-state index in [9.17, 15) is 4.79 Å². The number of nitrogens with zero attached hydrogens (tertiary/aromatic N) is 3. The number of hydrogen-bond acceptors (Lipinski definition) is 3. The lowest BCUT2D eigenvalue weighted by molar-refractivity contribution is 0.0786. The summed E-state index contributed by atoms with van der Waals surface area (Å²) in [6.07, 6.45) is 3.59. The summed E-state index contributed by atoms with van der Waals surface area (Å²) in [6.45, 7) is 0.546. The normalized spacial score (nSPS) is 10.7. The average Bonchev–Trinajstić information content (AvgIpc) is 3.15. The van der Waals surface area contributed by atoms with Gasteiger partial charge in [0.25, 0.3) is 5.91 Å². The van der Waals surface area contributed by atoms with E-state index in [1.807, 2.05) is 42.6 Å². The summed E-state index contributed by atoms with van der Waals surface area (Å²) >= 11 is 10.8. The van der Waals surface area contributed by atoms with Gasteiger partial charge in [-0.2, -0.15) is 5.10 Å². The zero-order chi connectivity index (χ0) is 16.4. The second kappa shape index (κ2) is 6.86. The Hall–Kier alpha value is -1.63. The van der Waals surface area contributed by atoms with Crippen molar-refractivity contribution in [3.05, 3.63) is 68.0 Å². The van der Waals surface area contributed by atoms with Crippen molar-refractivity contribution < 1.29 is 4.79 Å². The molecule has 118 valence electrons. The highest BCUT2D eigenvalue weighted by Gasteiger charge is 2.13. The minimum Gasteiger partial charge on any atom is -0.337 e. The maximum Gasteiger partial charge on any atom is 0.253 e. The van der Waals surface area contributed by atoms with Crippen molar-refractivity contribution in [2.45, 2.75) is 6.54 Å². The van der Waals surface area contributed by atoms with Crippen LogP contribution in [0.25, 0.3) is 5.69 Å². The maximum atomic E-state index is 12.5. The van der Waals surface area contributed by atoms with Gasteiger partial charge in [-0.25, -0.2) is 4.68 Å². The smallest absolute Gasteiger partial charge is 0.253 e. The van der Waals surface area contributed by atoms with E-state index in [1.165, 1.54) is 11.3 Å². The van der Waals surface area contributed by atoms with Crippen molar-refractivity contribution in [3.8, 4) is 5.69 Å². The van der Waals surface area contributed by atoms with Crippen molar-refractivity contribution in [2.75, 3.05) is 7.05 Å². The molecule has 0 N–H and O–H groups in total. The Balaban J connectivity index is 1.72. The van der Waals surface area contributed by atoms with Gasteiger partial charge in [0.15, 0.2) is 0 Å². The highest BCUT2D eigenvalue weighted by atomic mass is 79.9. The topological polar surface area (TPSA) is 38.1 Å². The lowest BCUT2D eigenvalue weighted by Crippen LogP contribution is -2.25. The molecule has 0 aliphatic carbocycles. The van der Waals surface area contributed by atoms with Gasteiger partial charge in [-0.15, -0.1) is 11.3 Å². The Morgan fingerprint density at radius 2 is 2.04 bits per heavy atom. The highest BCUT2D eigenvalue weighted by Crippen LogP contribution is 2.23. The lowest BCUT2D eigenvalue weighted by atomic mass is 10.2. The number of benzene rings is 1. The van der Waals surface area contributed by atoms with Crippen molar-refractivity contribution in [3.63, 3.8) is 0 Å². The molecule has 2 heterocycles. The fraction of sp³-hybridized carbons (Fsp3) is 0.125. The maximum absolute atomic E-state index is 12.5. The molecule has 0 atom stereocenters. The highest BCUT2D eigenvalue weighted by molar-refractivity contribution is 9.10. The fourth-order valence-electron chi connectivity index (χ4n) is 2.16. The third kappa shape index (κ3) is 3.83. The molecule has 0 saturated carbocycles. The van der Waals surface area contributed by atoms with Gasteiger partial charge >= 0.3 is 0 Å². The molecule has 0 saturated heterocycles. The minimum absolute atomic E-state index is 0.0253. The molecule has 23 heavy (non-hydrogen) atoms. The molecule has 3 rings (SSSR count). The van der Waals surface area contributed by atoms with Crippen LogP contribution >= 0.6 is 38.9 Å². The Morgan fingerprint density at radius 3 is 2.61 bits per heavy atom. The van der Waals surface area contributed by atoms with E-state index in [4.69, 9.17) is 11.6 Å². The van der Waals surface area contributed by atoms with Crippen molar-refractivity contribution in [1.82, 2.24) is 14.7 Å². The molecule has 4 nitrogen and oxygen atoms in total. The number of carbonyl (C=O) groups excluding carboxylic acids is 1. The molecule has 7 heteroatoms. The quantitative estimate of drug-likeness (QED) is 0.629. The summed E-state index contributed by atoms with van der Waals surface area (Å²) in [5.41, 5.74) is 1.55. The molecule has 0 unspecified atom stereocenters. The van der Waals surface area contributed by atoms with E-state index in [1.54, 1.807) is 22.8 Å². The first-order chi connectivity index (χ1) is 11.0. The summed E-state index contributed by atoms with van der Waals surface area (Å²) in [7, 11) is 1.79. The lowest BCUT2D eigenvalue weighted by Gasteiger charge is -2.16. The average molecular weight is 411 g/mol. The summed E-state index contributed by atoms with van der Waals surface area (Å²) in [5.74, 6) is -0.0253. The third-order valence-corrected chi connectivity index (χ3v) is 4.92. The van der Waals surface area contributed by atoms with E-state index in [-0.39, 0.29) is 5.91 Å². The van der Waals surface area contributed by atoms with Gasteiger partial charge in [-0.1, -0.05) is 11.6 Å². The number of rotatable bonds is 4. The van der Waals surface area contributed by atoms with Gasteiger partial charge in [-0.05, 0) is 52.3 Å². The standard InChI is InChI=1S/C16H13BrClN3OS/c1-20(10-14-6-7-15(18)23-14)16(22)11-2-4-13(5-3-11)21-9-12(17)8-19-21/h2-9H,10H2,1H3. The van der Waals surface area contributed by atoms with Crippen LogP contribution < -0.4 is 0 Å². The molecule has 0 bridgehead atoms. The van der Waals surface area contributed by atoms with Crippen LogP contribution in [0.1, 0.15) is 15.2 Å². The number of halogens is 2. The van der Waals surface area contributed by atoms with Crippen molar-refractivity contribution in [1.29, 1.82) is 0 Å². The van der Waals surface area contributed by atoms with Crippen molar-refractivity contribution in [2.24, 2.45) is 0 Å². The van der Waals surface area contributed by atoms with Crippen LogP contribution in [0.15, 0.2) is 53.3 Å². The third-order valence-electron chi connectivity index (χ3n) is 3.30. The summed E-state index contributed by atoms with van der Waals surface area (Å²) in [6, 6.07) is 11.2. The molecule has 0 aliphatic rings. The number of carbonyl (C=O) groups is 1. The molecule has 0 fully saturated rings. The zero-order valence-corrected chi connectivity index (χ0v) is 15.4. The van der Waals surface area contributed by atoms with Crippen LogP contribution in [0.2, 0.25) is 4.34 Å². The summed E-state index contributed by atoms with van der Waals surface area (Å²) < 4.78 is 3.39. The van der Waals surface area contributed by atoms with E-state index in [2.05, 4.69) is 21.0 Å². The number of amides is 1. The Bertz CT molecular complexity index is 828. The van der Waals surface area contributed by atoms with Crippen LogP contribution in [-0.2, 0) is 6.54 Å². The fourth-order valence-corrected chi connectivity index (χ4v) is 3.59. The van der Waals surface area contributed by atoms with Crippen LogP contribution in [0.4, 0.5) is 0 Å². The predicted octanol–water partition coefficient (Wildman–Crippen LogP) is 4.62. The number of aromatic nitrogens is 2. The second-order valence-corrected chi connectivity index (χ2v) is 7.73. The summed E-state index contributed by atoms with van der Waals surface area (Å²) in [4.78, 5) is 15.2. The SMILES string of the molecule is CN(Cc1ccc(Cl)s1)C(=O)c1ccc(-n2cc(Br)cn2)cc1. The Kier molecular flexibility index (Phi) is 4.84. The minimum atomic E-state index is -0.0253. The van der Waals surface area contributed by atoms with E-state index >= 15 is 0 Å². The van der Waals surface area contributed by atoms with Gasteiger partial charge in [-0.3, -0.25) is 4.79 Å². The van der Waals surface area contributed by atoms with E-state index in [0.717, 1.165) is 19.4 Å². The van der Waals surface area contributed by atoms with Crippen molar-refractivity contribution >= 4 is 44.8 Å². The van der Waals surface area contributed by atoms with Crippen LogP contribution in [0.3, 0.4) is 0 Å². The van der Waals surface area contributed by atoms with Gasteiger partial charge < -0.3 is 4.90 Å².